The molecule has 0 aliphatic heterocycles. The first-order valence-electron chi connectivity index (χ1n) is 6.62. The molecule has 2 nitrogen and oxygen atoms in total. The lowest BCUT2D eigenvalue weighted by atomic mass is 10.2. The number of aliphatic hydroxyl groups excluding tert-OH is 1. The fourth-order valence-electron chi connectivity index (χ4n) is 1.39. The van der Waals surface area contributed by atoms with Crippen molar-refractivity contribution < 1.29 is 9.84 Å². The third-order valence-electron chi connectivity index (χ3n) is 2.27. The minimum absolute atomic E-state index is 0.113. The number of rotatable bonds is 7. The Bertz CT molecular complexity index is 401. The highest BCUT2D eigenvalue weighted by atomic mass is 32.2. The van der Waals surface area contributed by atoms with Gasteiger partial charge >= 0.3 is 0 Å². The van der Waals surface area contributed by atoms with E-state index in [1.165, 1.54) is 5.75 Å². The van der Waals surface area contributed by atoms with Crippen LogP contribution in [-0.2, 0) is 0 Å². The summed E-state index contributed by atoms with van der Waals surface area (Å²) in [6.45, 7) is 5.31. The lowest BCUT2D eigenvalue weighted by molar-refractivity contribution is 0.305. The van der Waals surface area contributed by atoms with Gasteiger partial charge in [-0.25, -0.2) is 0 Å². The highest BCUT2D eigenvalue weighted by molar-refractivity contribution is 7.99. The van der Waals surface area contributed by atoms with E-state index in [0.717, 1.165) is 29.6 Å². The summed E-state index contributed by atoms with van der Waals surface area (Å²) < 4.78 is 5.66. The monoisotopic (exact) mass is 278 g/mol. The molecule has 1 aromatic rings. The minimum atomic E-state index is 0.113. The molecule has 3 heteroatoms. The molecule has 0 amide bonds. The van der Waals surface area contributed by atoms with Crippen LogP contribution >= 0.6 is 11.8 Å². The Morgan fingerprint density at radius 3 is 2.63 bits per heavy atom. The zero-order chi connectivity index (χ0) is 13.9. The van der Waals surface area contributed by atoms with Crippen molar-refractivity contribution in [2.24, 2.45) is 5.92 Å². The van der Waals surface area contributed by atoms with Gasteiger partial charge in [0.2, 0.25) is 0 Å². The molecule has 0 spiro atoms. The maximum absolute atomic E-state index is 8.64. The van der Waals surface area contributed by atoms with Crippen LogP contribution in [0.15, 0.2) is 24.3 Å². The molecule has 0 aliphatic carbocycles. The van der Waals surface area contributed by atoms with Crippen LogP contribution in [0.2, 0.25) is 0 Å². The Morgan fingerprint density at radius 2 is 2.00 bits per heavy atom. The summed E-state index contributed by atoms with van der Waals surface area (Å²) >= 11 is 1.93. The van der Waals surface area contributed by atoms with E-state index < -0.39 is 0 Å². The molecule has 19 heavy (non-hydrogen) atoms. The second-order valence-electron chi connectivity index (χ2n) is 4.62. The Labute approximate surface area is 120 Å². The van der Waals surface area contributed by atoms with E-state index in [2.05, 4.69) is 25.7 Å². The third kappa shape index (κ3) is 7.81. The van der Waals surface area contributed by atoms with Gasteiger partial charge in [-0.2, -0.15) is 11.8 Å². The molecule has 0 bridgehead atoms. The van der Waals surface area contributed by atoms with Gasteiger partial charge < -0.3 is 9.84 Å². The van der Waals surface area contributed by atoms with Gasteiger partial charge in [-0.1, -0.05) is 25.7 Å². The van der Waals surface area contributed by atoms with E-state index in [4.69, 9.17) is 9.84 Å². The summed E-state index contributed by atoms with van der Waals surface area (Å²) in [5, 5.41) is 8.64. The average Bonchev–Trinajstić information content (AvgIpc) is 2.40. The number of thioether (sulfide) groups is 1. The zero-order valence-electron chi connectivity index (χ0n) is 11.7. The Morgan fingerprint density at radius 1 is 1.26 bits per heavy atom. The first-order chi connectivity index (χ1) is 9.22. The first kappa shape index (κ1) is 15.9. The van der Waals surface area contributed by atoms with Crippen molar-refractivity contribution in [3.8, 4) is 17.6 Å². The largest absolute Gasteiger partial charge is 0.493 e. The summed E-state index contributed by atoms with van der Waals surface area (Å²) in [5.74, 6) is 9.72. The number of ether oxygens (including phenoxy) is 1. The molecule has 1 rings (SSSR count). The molecule has 104 valence electrons. The van der Waals surface area contributed by atoms with Crippen molar-refractivity contribution in [2.45, 2.75) is 20.3 Å². The van der Waals surface area contributed by atoms with Crippen LogP contribution in [-0.4, -0.2) is 29.8 Å². The summed E-state index contributed by atoms with van der Waals surface area (Å²) in [4.78, 5) is 0. The van der Waals surface area contributed by atoms with Gasteiger partial charge in [-0.15, -0.1) is 0 Å². The van der Waals surface area contributed by atoms with Gasteiger partial charge in [0, 0.05) is 17.7 Å². The number of hydrogen-bond donors (Lipinski definition) is 1. The van der Waals surface area contributed by atoms with Crippen molar-refractivity contribution in [3.05, 3.63) is 29.8 Å². The number of hydrogen-bond acceptors (Lipinski definition) is 3. The molecule has 0 saturated heterocycles. The summed E-state index contributed by atoms with van der Waals surface area (Å²) in [6, 6.07) is 7.77. The van der Waals surface area contributed by atoms with Crippen molar-refractivity contribution in [2.75, 3.05) is 24.7 Å². The summed E-state index contributed by atoms with van der Waals surface area (Å²) in [7, 11) is 0. The lowest BCUT2D eigenvalue weighted by Crippen LogP contribution is -2.02. The van der Waals surface area contributed by atoms with Gasteiger partial charge in [0.25, 0.3) is 0 Å². The van der Waals surface area contributed by atoms with Gasteiger partial charge in [0.15, 0.2) is 0 Å². The van der Waals surface area contributed by atoms with Crippen LogP contribution in [0.5, 0.6) is 5.75 Å². The standard InChI is InChI=1S/C16H22O2S/c1-14(2)13-19-12-11-18-16-8-6-15(7-9-16)5-3-4-10-17/h6-9,14,17H,4,10-13H2,1-2H3. The molecule has 1 aromatic carbocycles. The third-order valence-corrected chi connectivity index (χ3v) is 3.63. The zero-order valence-corrected chi connectivity index (χ0v) is 12.5. The minimum Gasteiger partial charge on any atom is -0.493 e. The summed E-state index contributed by atoms with van der Waals surface area (Å²) in [6.07, 6.45) is 0.519. The van der Waals surface area contributed by atoms with Crippen molar-refractivity contribution >= 4 is 11.8 Å². The van der Waals surface area contributed by atoms with Crippen LogP contribution in [0.1, 0.15) is 25.8 Å². The van der Waals surface area contributed by atoms with Crippen LogP contribution in [0.4, 0.5) is 0 Å². The van der Waals surface area contributed by atoms with Crippen LogP contribution in [0.3, 0.4) is 0 Å². The highest BCUT2D eigenvalue weighted by Gasteiger charge is 1.96. The Balaban J connectivity index is 2.27. The van der Waals surface area contributed by atoms with Crippen LogP contribution < -0.4 is 4.74 Å². The number of aliphatic hydroxyl groups is 1. The van der Waals surface area contributed by atoms with E-state index in [1.807, 2.05) is 36.0 Å². The van der Waals surface area contributed by atoms with E-state index in [9.17, 15) is 0 Å². The second kappa shape index (κ2) is 9.77. The molecule has 0 heterocycles. The molecule has 0 unspecified atom stereocenters. The SMILES string of the molecule is CC(C)CSCCOc1ccc(C#CCCO)cc1. The predicted molar refractivity (Wildman–Crippen MR) is 82.7 cm³/mol. The Kier molecular flexibility index (Phi) is 8.20. The van der Waals surface area contributed by atoms with Crippen molar-refractivity contribution in [1.82, 2.24) is 0 Å². The number of benzene rings is 1. The van der Waals surface area contributed by atoms with Crippen molar-refractivity contribution in [3.63, 3.8) is 0 Å². The van der Waals surface area contributed by atoms with Crippen LogP contribution in [0, 0.1) is 17.8 Å². The topological polar surface area (TPSA) is 29.5 Å². The molecular weight excluding hydrogens is 256 g/mol. The first-order valence-corrected chi connectivity index (χ1v) is 7.78. The maximum atomic E-state index is 8.64. The molecular formula is C16H22O2S. The van der Waals surface area contributed by atoms with Crippen molar-refractivity contribution in [1.29, 1.82) is 0 Å². The van der Waals surface area contributed by atoms with E-state index >= 15 is 0 Å². The van der Waals surface area contributed by atoms with Crippen LogP contribution in [0.25, 0.3) is 0 Å². The molecule has 0 atom stereocenters. The van der Waals surface area contributed by atoms with E-state index in [0.29, 0.717) is 6.42 Å². The van der Waals surface area contributed by atoms with E-state index in [1.54, 1.807) is 0 Å². The molecule has 1 N–H and O–H groups in total. The predicted octanol–water partition coefficient (Wildman–Crippen LogP) is 3.19. The Hall–Kier alpha value is -1.11. The van der Waals surface area contributed by atoms with Gasteiger partial charge in [0.05, 0.1) is 13.2 Å². The molecule has 0 saturated carbocycles. The van der Waals surface area contributed by atoms with E-state index in [-0.39, 0.29) is 6.61 Å². The normalized spacial score (nSPS) is 10.1. The fraction of sp³-hybridized carbons (Fsp3) is 0.500. The molecule has 0 aliphatic rings. The highest BCUT2D eigenvalue weighted by Crippen LogP contribution is 2.13. The maximum Gasteiger partial charge on any atom is 0.119 e. The quantitative estimate of drug-likeness (QED) is 0.613. The van der Waals surface area contributed by atoms with Gasteiger partial charge in [-0.05, 0) is 35.9 Å². The fourth-order valence-corrected chi connectivity index (χ4v) is 2.23. The van der Waals surface area contributed by atoms with Gasteiger partial charge in [0.1, 0.15) is 5.75 Å². The molecule has 0 fully saturated rings. The smallest absolute Gasteiger partial charge is 0.119 e. The summed E-state index contributed by atoms with van der Waals surface area (Å²) in [5.41, 5.74) is 0.954. The molecule has 0 aromatic heterocycles. The van der Waals surface area contributed by atoms with Gasteiger partial charge in [-0.3, -0.25) is 0 Å². The average molecular weight is 278 g/mol. The second-order valence-corrected chi connectivity index (χ2v) is 5.77. The molecule has 0 radical (unpaired) electrons. The lowest BCUT2D eigenvalue weighted by Gasteiger charge is -2.07.